The number of ether oxygens (including phenoxy) is 1. The molecule has 9 heteroatoms. The summed E-state index contributed by atoms with van der Waals surface area (Å²) in [6, 6.07) is 12.4. The van der Waals surface area contributed by atoms with Crippen LogP contribution in [-0.2, 0) is 19.4 Å². The molecule has 2 amide bonds. The summed E-state index contributed by atoms with van der Waals surface area (Å²) in [7, 11) is -3.12. The van der Waals surface area contributed by atoms with Crippen molar-refractivity contribution in [1.29, 1.82) is 0 Å². The van der Waals surface area contributed by atoms with Gasteiger partial charge in [0.2, 0.25) is 5.91 Å². The predicted octanol–water partition coefficient (Wildman–Crippen LogP) is 2.85. The third-order valence-corrected chi connectivity index (χ3v) is 5.61. The van der Waals surface area contributed by atoms with Crippen LogP contribution in [0.5, 0.6) is 5.75 Å². The molecule has 1 heterocycles. The molecule has 0 radical (unpaired) electrons. The molecule has 1 aliphatic heterocycles. The van der Waals surface area contributed by atoms with E-state index in [9.17, 15) is 18.0 Å². The second kappa shape index (κ2) is 9.30. The zero-order chi connectivity index (χ0) is 22.6. The minimum absolute atomic E-state index is 0.0237. The largest absolute Gasteiger partial charge is 0.492 e. The quantitative estimate of drug-likeness (QED) is 0.708. The van der Waals surface area contributed by atoms with Crippen LogP contribution in [0.1, 0.15) is 24.0 Å². The van der Waals surface area contributed by atoms with Gasteiger partial charge in [-0.2, -0.15) is 5.10 Å². The van der Waals surface area contributed by atoms with Crippen LogP contribution in [0.2, 0.25) is 0 Å². The summed E-state index contributed by atoms with van der Waals surface area (Å²) in [5.41, 5.74) is 3.29. The number of benzene rings is 2. The van der Waals surface area contributed by atoms with Crippen LogP contribution < -0.4 is 15.1 Å². The number of sulfone groups is 1. The molecule has 8 nitrogen and oxygen atoms in total. The molecule has 0 saturated carbocycles. The van der Waals surface area contributed by atoms with Crippen LogP contribution in [0.25, 0.3) is 0 Å². The van der Waals surface area contributed by atoms with E-state index in [1.807, 2.05) is 32.0 Å². The number of hydrogen-bond donors (Lipinski definition) is 1. The van der Waals surface area contributed by atoms with Gasteiger partial charge in [-0.05, 0) is 43.2 Å². The molecule has 2 aromatic rings. The van der Waals surface area contributed by atoms with E-state index in [-0.39, 0.29) is 36.8 Å². The smallest absolute Gasteiger partial charge is 0.271 e. The number of hydrazone groups is 1. The summed E-state index contributed by atoms with van der Waals surface area (Å²) in [4.78, 5) is 25.2. The molecule has 0 atom stereocenters. The molecule has 0 saturated heterocycles. The van der Waals surface area contributed by atoms with E-state index in [1.165, 1.54) is 5.01 Å². The summed E-state index contributed by atoms with van der Waals surface area (Å²) < 4.78 is 27.9. The summed E-state index contributed by atoms with van der Waals surface area (Å²) >= 11 is 0. The first-order chi connectivity index (χ1) is 14.6. The highest BCUT2D eigenvalue weighted by Gasteiger charge is 2.26. The number of rotatable bonds is 7. The summed E-state index contributed by atoms with van der Waals surface area (Å²) in [5, 5.41) is 8.38. The molecular weight excluding hydrogens is 418 g/mol. The van der Waals surface area contributed by atoms with Crippen LogP contribution in [0, 0.1) is 13.8 Å². The third-order valence-electron chi connectivity index (χ3n) is 4.70. The summed E-state index contributed by atoms with van der Waals surface area (Å²) in [5.74, 6) is -0.218. The Morgan fingerprint density at radius 1 is 1.16 bits per heavy atom. The molecule has 0 unspecified atom stereocenters. The lowest BCUT2D eigenvalue weighted by Crippen LogP contribution is -2.36. The first-order valence-electron chi connectivity index (χ1n) is 9.82. The van der Waals surface area contributed by atoms with Gasteiger partial charge in [0.15, 0.2) is 9.84 Å². The zero-order valence-electron chi connectivity index (χ0n) is 17.7. The lowest BCUT2D eigenvalue weighted by Gasteiger charge is -2.24. The molecule has 0 aromatic heterocycles. The van der Waals surface area contributed by atoms with Gasteiger partial charge in [-0.15, -0.1) is 0 Å². The Balaban J connectivity index is 1.73. The van der Waals surface area contributed by atoms with Gasteiger partial charge in [0, 0.05) is 30.9 Å². The number of nitrogens with zero attached hydrogens (tertiary/aromatic N) is 2. The summed E-state index contributed by atoms with van der Waals surface area (Å²) in [6.07, 6.45) is 1.58. The number of aryl methyl sites for hydroxylation is 2. The lowest BCUT2D eigenvalue weighted by atomic mass is 10.1. The van der Waals surface area contributed by atoms with Gasteiger partial charge in [-0.1, -0.05) is 18.2 Å². The van der Waals surface area contributed by atoms with E-state index in [0.29, 0.717) is 17.1 Å². The Bertz CT molecular complexity index is 1140. The highest BCUT2D eigenvalue weighted by atomic mass is 32.2. The maximum Gasteiger partial charge on any atom is 0.271 e. The Morgan fingerprint density at radius 2 is 1.94 bits per heavy atom. The van der Waals surface area contributed by atoms with Gasteiger partial charge in [0.25, 0.3) is 5.91 Å². The molecule has 1 N–H and O–H groups in total. The summed E-state index contributed by atoms with van der Waals surface area (Å²) in [6.45, 7) is 3.84. The fourth-order valence-electron chi connectivity index (χ4n) is 3.03. The van der Waals surface area contributed by atoms with Crippen LogP contribution in [-0.4, -0.2) is 44.6 Å². The predicted molar refractivity (Wildman–Crippen MR) is 120 cm³/mol. The molecule has 1 aliphatic rings. The van der Waals surface area contributed by atoms with Crippen molar-refractivity contribution in [2.45, 2.75) is 26.7 Å². The van der Waals surface area contributed by atoms with E-state index >= 15 is 0 Å². The first kappa shape index (κ1) is 22.5. The van der Waals surface area contributed by atoms with E-state index in [4.69, 9.17) is 4.74 Å². The van der Waals surface area contributed by atoms with Crippen LogP contribution in [0.3, 0.4) is 0 Å². The molecular formula is C22H25N3O5S. The second-order valence-electron chi connectivity index (χ2n) is 7.50. The van der Waals surface area contributed by atoms with Crippen LogP contribution >= 0.6 is 0 Å². The monoisotopic (exact) mass is 443 g/mol. The Morgan fingerprint density at radius 3 is 2.68 bits per heavy atom. The van der Waals surface area contributed by atoms with E-state index in [0.717, 1.165) is 17.4 Å². The van der Waals surface area contributed by atoms with Crippen molar-refractivity contribution in [2.75, 3.05) is 28.9 Å². The molecule has 0 spiro atoms. The van der Waals surface area contributed by atoms with Crippen molar-refractivity contribution >= 4 is 38.7 Å². The van der Waals surface area contributed by atoms with Crippen molar-refractivity contribution in [2.24, 2.45) is 5.10 Å². The first-order valence-corrected chi connectivity index (χ1v) is 11.9. The Kier molecular flexibility index (Phi) is 6.74. The molecule has 164 valence electrons. The van der Waals surface area contributed by atoms with Crippen molar-refractivity contribution < 1.29 is 22.7 Å². The van der Waals surface area contributed by atoms with E-state index < -0.39 is 15.7 Å². The Hall–Kier alpha value is -3.20. The molecule has 2 aromatic carbocycles. The number of amides is 2. The number of anilines is 2. The van der Waals surface area contributed by atoms with Crippen molar-refractivity contribution in [3.8, 4) is 5.75 Å². The van der Waals surface area contributed by atoms with Gasteiger partial charge in [-0.25, -0.2) is 13.4 Å². The van der Waals surface area contributed by atoms with Gasteiger partial charge < -0.3 is 10.1 Å². The van der Waals surface area contributed by atoms with Crippen molar-refractivity contribution in [1.82, 2.24) is 0 Å². The maximum absolute atomic E-state index is 12.8. The fraction of sp³-hybridized carbons (Fsp3) is 0.318. The van der Waals surface area contributed by atoms with Crippen LogP contribution in [0.4, 0.5) is 11.4 Å². The third kappa shape index (κ3) is 6.14. The van der Waals surface area contributed by atoms with Crippen molar-refractivity contribution in [3.63, 3.8) is 0 Å². The second-order valence-corrected chi connectivity index (χ2v) is 9.76. The molecule has 0 aliphatic carbocycles. The molecule has 3 rings (SSSR count). The lowest BCUT2D eigenvalue weighted by molar-refractivity contribution is -0.118. The standard InChI is InChI=1S/C22H25N3O5S/c1-15-7-8-16(2)20(13-15)25-21(26)10-9-19(24-25)22(27)23-17-5-4-6-18(14-17)30-11-12-31(3,28)29/h4-8,13-14H,9-12H2,1-3H3,(H,23,27). The van der Waals surface area contributed by atoms with Crippen molar-refractivity contribution in [3.05, 3.63) is 53.6 Å². The van der Waals surface area contributed by atoms with E-state index in [2.05, 4.69) is 10.4 Å². The van der Waals surface area contributed by atoms with Gasteiger partial charge in [0.05, 0.1) is 11.4 Å². The normalized spacial score (nSPS) is 14.2. The minimum Gasteiger partial charge on any atom is -0.492 e. The Labute approximate surface area is 181 Å². The molecule has 0 fully saturated rings. The SMILES string of the molecule is Cc1ccc(C)c(N2N=C(C(=O)Nc3cccc(OCCS(C)(=O)=O)c3)CCC2=O)c1. The van der Waals surface area contributed by atoms with Crippen LogP contribution in [0.15, 0.2) is 47.6 Å². The average molecular weight is 444 g/mol. The number of nitrogens with one attached hydrogen (secondary N) is 1. The highest BCUT2D eigenvalue weighted by Crippen LogP contribution is 2.26. The molecule has 31 heavy (non-hydrogen) atoms. The van der Waals surface area contributed by atoms with E-state index in [1.54, 1.807) is 24.3 Å². The zero-order valence-corrected chi connectivity index (χ0v) is 18.5. The highest BCUT2D eigenvalue weighted by molar-refractivity contribution is 7.90. The number of hydrogen-bond acceptors (Lipinski definition) is 6. The number of carbonyl (C=O) groups excluding carboxylic acids is 2. The molecule has 0 bridgehead atoms. The average Bonchev–Trinajstić information content (AvgIpc) is 2.69. The topological polar surface area (TPSA) is 105 Å². The van der Waals surface area contributed by atoms with Gasteiger partial charge >= 0.3 is 0 Å². The maximum atomic E-state index is 12.8. The van der Waals surface area contributed by atoms with Gasteiger partial charge in [-0.3, -0.25) is 9.59 Å². The minimum atomic E-state index is -3.12. The number of carbonyl (C=O) groups is 2. The van der Waals surface area contributed by atoms with Gasteiger partial charge in [0.1, 0.15) is 18.1 Å². The fourth-order valence-corrected chi connectivity index (χ4v) is 3.42.